The van der Waals surface area contributed by atoms with Gasteiger partial charge in [0.05, 0.1) is 11.5 Å². The van der Waals surface area contributed by atoms with Crippen LogP contribution in [-0.4, -0.2) is 48.4 Å². The summed E-state index contributed by atoms with van der Waals surface area (Å²) in [5.41, 5.74) is 0.270. The maximum atomic E-state index is 12.1. The maximum absolute atomic E-state index is 12.1. The van der Waals surface area contributed by atoms with Crippen LogP contribution in [-0.2, 0) is 14.3 Å². The molecule has 0 aromatic heterocycles. The molecule has 1 heterocycles. The van der Waals surface area contributed by atoms with E-state index in [0.29, 0.717) is 49.6 Å². The second kappa shape index (κ2) is 12.4. The molecule has 192 valence electrons. The highest BCUT2D eigenvalue weighted by molar-refractivity contribution is 8.18. The SMILES string of the molecule is CC(C)(C)OC(=O)NCCCNC(=O)CCCOc1ccc(C=C2SC(=O)NC2=O)c2ccccc12. The predicted molar refractivity (Wildman–Crippen MR) is 140 cm³/mol. The summed E-state index contributed by atoms with van der Waals surface area (Å²) >= 11 is 0.880. The van der Waals surface area contributed by atoms with Crippen LogP contribution < -0.4 is 20.7 Å². The lowest BCUT2D eigenvalue weighted by molar-refractivity contribution is -0.121. The van der Waals surface area contributed by atoms with Crippen LogP contribution in [0.4, 0.5) is 9.59 Å². The first-order chi connectivity index (χ1) is 17.1. The molecule has 2 aromatic rings. The number of rotatable bonds is 10. The summed E-state index contributed by atoms with van der Waals surface area (Å²) in [6, 6.07) is 11.3. The standard InChI is InChI=1S/C26H31N3O6S/c1-26(2,3)35-24(32)28-14-7-13-27-22(30)10-6-15-34-20-12-11-17(18-8-4-5-9-19(18)20)16-21-23(31)29-25(33)36-21/h4-5,8-9,11-12,16H,6-7,10,13-15H2,1-3H3,(H,27,30)(H,28,32)(H,29,31,33). The van der Waals surface area contributed by atoms with Crippen LogP contribution in [0.3, 0.4) is 0 Å². The minimum Gasteiger partial charge on any atom is -0.493 e. The summed E-state index contributed by atoms with van der Waals surface area (Å²) in [6.07, 6.45) is 2.69. The smallest absolute Gasteiger partial charge is 0.407 e. The van der Waals surface area contributed by atoms with E-state index in [1.165, 1.54) is 0 Å². The lowest BCUT2D eigenvalue weighted by Crippen LogP contribution is -2.34. The van der Waals surface area contributed by atoms with Crippen LogP contribution in [0.25, 0.3) is 16.8 Å². The van der Waals surface area contributed by atoms with Crippen LogP contribution >= 0.6 is 11.8 Å². The van der Waals surface area contributed by atoms with Gasteiger partial charge in [-0.1, -0.05) is 30.3 Å². The van der Waals surface area contributed by atoms with Gasteiger partial charge in [0.1, 0.15) is 11.4 Å². The number of carbonyl (C=O) groups excluding carboxylic acids is 4. The highest BCUT2D eigenvalue weighted by Crippen LogP contribution is 2.32. The number of hydrogen-bond acceptors (Lipinski definition) is 7. The largest absolute Gasteiger partial charge is 0.493 e. The molecule has 3 N–H and O–H groups in total. The highest BCUT2D eigenvalue weighted by Gasteiger charge is 2.25. The first-order valence-corrected chi connectivity index (χ1v) is 12.6. The van der Waals surface area contributed by atoms with Gasteiger partial charge in [-0.3, -0.25) is 19.7 Å². The number of carbonyl (C=O) groups is 4. The Hall–Kier alpha value is -3.53. The van der Waals surface area contributed by atoms with Crippen LogP contribution in [0.2, 0.25) is 0 Å². The fraction of sp³-hybridized carbons (Fsp3) is 0.385. The minimum atomic E-state index is -0.541. The summed E-state index contributed by atoms with van der Waals surface area (Å²) < 4.78 is 11.1. The van der Waals surface area contributed by atoms with Crippen LogP contribution in [0.15, 0.2) is 41.3 Å². The van der Waals surface area contributed by atoms with Gasteiger partial charge in [-0.15, -0.1) is 0 Å². The number of hydrogen-bond donors (Lipinski definition) is 3. The molecule has 0 bridgehead atoms. The molecule has 1 aliphatic heterocycles. The van der Waals surface area contributed by atoms with Gasteiger partial charge in [-0.05, 0) is 68.5 Å². The van der Waals surface area contributed by atoms with Crippen LogP contribution in [0.1, 0.15) is 45.6 Å². The van der Waals surface area contributed by atoms with E-state index in [4.69, 9.17) is 9.47 Å². The van der Waals surface area contributed by atoms with E-state index in [0.717, 1.165) is 28.1 Å². The summed E-state index contributed by atoms with van der Waals surface area (Å²) in [5, 5.41) is 9.14. The molecule has 4 amide bonds. The number of thioether (sulfide) groups is 1. The summed E-state index contributed by atoms with van der Waals surface area (Å²) in [7, 11) is 0. The lowest BCUT2D eigenvalue weighted by Gasteiger charge is -2.19. The second-order valence-corrected chi connectivity index (χ2v) is 10.1. The Kier molecular flexibility index (Phi) is 9.35. The zero-order valence-corrected chi connectivity index (χ0v) is 21.5. The number of fused-ring (bicyclic) bond motifs is 1. The average Bonchev–Trinajstić information content (AvgIpc) is 3.12. The van der Waals surface area contributed by atoms with Crippen molar-refractivity contribution in [3.05, 3.63) is 46.9 Å². The van der Waals surface area contributed by atoms with Crippen molar-refractivity contribution >= 4 is 51.8 Å². The second-order valence-electron chi connectivity index (χ2n) is 9.13. The number of benzene rings is 2. The summed E-state index contributed by atoms with van der Waals surface area (Å²) in [4.78, 5) is 47.3. The molecule has 1 saturated heterocycles. The molecule has 0 unspecified atom stereocenters. The van der Waals surface area contributed by atoms with E-state index in [1.54, 1.807) is 26.8 Å². The van der Waals surface area contributed by atoms with E-state index >= 15 is 0 Å². The van der Waals surface area contributed by atoms with Gasteiger partial charge in [-0.25, -0.2) is 4.79 Å². The van der Waals surface area contributed by atoms with Crippen molar-refractivity contribution in [1.82, 2.24) is 16.0 Å². The van der Waals surface area contributed by atoms with Gasteiger partial charge in [0.15, 0.2) is 0 Å². The van der Waals surface area contributed by atoms with Crippen molar-refractivity contribution in [2.24, 2.45) is 0 Å². The summed E-state index contributed by atoms with van der Waals surface area (Å²) in [5.74, 6) is 0.206. The Morgan fingerprint density at radius 3 is 2.42 bits per heavy atom. The van der Waals surface area contributed by atoms with Crippen LogP contribution in [0.5, 0.6) is 5.75 Å². The number of nitrogens with one attached hydrogen (secondary N) is 3. The van der Waals surface area contributed by atoms with Gasteiger partial charge >= 0.3 is 6.09 Å². The molecule has 0 atom stereocenters. The van der Waals surface area contributed by atoms with E-state index in [-0.39, 0.29) is 11.1 Å². The molecule has 0 saturated carbocycles. The fourth-order valence-electron chi connectivity index (χ4n) is 3.43. The Morgan fingerprint density at radius 1 is 1.00 bits per heavy atom. The van der Waals surface area contributed by atoms with E-state index in [1.807, 2.05) is 36.4 Å². The third kappa shape index (κ3) is 8.30. The molecule has 0 radical (unpaired) electrons. The monoisotopic (exact) mass is 513 g/mol. The third-order valence-electron chi connectivity index (χ3n) is 5.00. The maximum Gasteiger partial charge on any atom is 0.407 e. The number of imide groups is 1. The zero-order chi connectivity index (χ0) is 26.1. The Morgan fingerprint density at radius 2 is 1.72 bits per heavy atom. The van der Waals surface area contributed by atoms with Crippen molar-refractivity contribution in [3.63, 3.8) is 0 Å². The van der Waals surface area contributed by atoms with Crippen molar-refractivity contribution < 1.29 is 28.7 Å². The van der Waals surface area contributed by atoms with Gasteiger partial charge in [-0.2, -0.15) is 0 Å². The highest BCUT2D eigenvalue weighted by atomic mass is 32.2. The van der Waals surface area contributed by atoms with Crippen molar-refractivity contribution in [2.75, 3.05) is 19.7 Å². The third-order valence-corrected chi connectivity index (χ3v) is 5.81. The molecular formula is C26H31N3O6S. The van der Waals surface area contributed by atoms with Crippen molar-refractivity contribution in [3.8, 4) is 5.75 Å². The number of alkyl carbamates (subject to hydrolysis) is 1. The molecule has 3 rings (SSSR count). The fourth-order valence-corrected chi connectivity index (χ4v) is 4.11. The van der Waals surface area contributed by atoms with Crippen LogP contribution in [0, 0.1) is 0 Å². The molecule has 1 fully saturated rings. The van der Waals surface area contributed by atoms with Gasteiger partial charge < -0.3 is 20.1 Å². The molecule has 10 heteroatoms. The van der Waals surface area contributed by atoms with Crippen molar-refractivity contribution in [2.45, 2.75) is 45.6 Å². The predicted octanol–water partition coefficient (Wildman–Crippen LogP) is 4.35. The Bertz CT molecular complexity index is 1170. The molecule has 0 spiro atoms. The normalized spacial score (nSPS) is 14.6. The zero-order valence-electron chi connectivity index (χ0n) is 20.6. The molecular weight excluding hydrogens is 482 g/mol. The molecule has 2 aromatic carbocycles. The molecule has 0 aliphatic carbocycles. The quantitative estimate of drug-likeness (QED) is 0.319. The Labute approximate surface area is 214 Å². The molecule has 9 nitrogen and oxygen atoms in total. The van der Waals surface area contributed by atoms with E-state index < -0.39 is 17.6 Å². The minimum absolute atomic E-state index is 0.0791. The number of ether oxygens (including phenoxy) is 2. The van der Waals surface area contributed by atoms with Gasteiger partial charge in [0.2, 0.25) is 5.91 Å². The average molecular weight is 514 g/mol. The number of amides is 4. The van der Waals surface area contributed by atoms with E-state index in [2.05, 4.69) is 16.0 Å². The molecule has 1 aliphatic rings. The first-order valence-electron chi connectivity index (χ1n) is 11.8. The first kappa shape index (κ1) is 27.1. The lowest BCUT2D eigenvalue weighted by atomic mass is 10.0. The van der Waals surface area contributed by atoms with Gasteiger partial charge in [0.25, 0.3) is 11.1 Å². The van der Waals surface area contributed by atoms with Crippen molar-refractivity contribution in [1.29, 1.82) is 0 Å². The molecule has 36 heavy (non-hydrogen) atoms. The Balaban J connectivity index is 1.43. The summed E-state index contributed by atoms with van der Waals surface area (Å²) in [6.45, 7) is 6.64. The topological polar surface area (TPSA) is 123 Å². The van der Waals surface area contributed by atoms with Gasteiger partial charge in [0, 0.05) is 24.9 Å². The van der Waals surface area contributed by atoms with E-state index in [9.17, 15) is 19.2 Å².